The Balaban J connectivity index is 1.91. The number of β-amino-alcohol motifs (C(OH)–C–C–N with tert-alkyl or cyclic N) is 1. The number of benzene rings is 1. The van der Waals surface area contributed by atoms with Crippen molar-refractivity contribution in [1.29, 1.82) is 0 Å². The number of likely N-dealkylation sites (N-methyl/N-ethyl adjacent to an activating group) is 1. The van der Waals surface area contributed by atoms with Crippen LogP contribution in [0.15, 0.2) is 15.3 Å². The number of piperidine rings is 2. The number of likely N-dealkylation sites (tertiary alicyclic amines) is 2. The second kappa shape index (κ2) is 7.97. The third-order valence-electron chi connectivity index (χ3n) is 6.37. The highest BCUT2D eigenvalue weighted by atomic mass is 16.3. The molecule has 2 atom stereocenters. The fraction of sp³-hybridized carbons (Fsp3) is 0.591. The van der Waals surface area contributed by atoms with Crippen molar-refractivity contribution in [3.05, 3.63) is 33.2 Å². The zero-order chi connectivity index (χ0) is 20.7. The Morgan fingerprint density at radius 2 is 1.86 bits per heavy atom. The molecule has 2 aliphatic rings. The number of phenolic OH excluding ortho intramolecular Hbond substituents is 2. The standard InChI is InChI=1S/C22H30N2O5/c1-13-10-16(25)19-21(28)15(11-24-7-4-3-5-8-24)20(27)18(22(19)29-13)14-6-9-23(2)12-17(14)26/h10,14,17,26-28H,3-9,11-12H2,1-2H3/t14-,17+/m0/s1. The first kappa shape index (κ1) is 20.2. The van der Waals surface area contributed by atoms with Crippen molar-refractivity contribution in [1.82, 2.24) is 9.80 Å². The first-order valence-corrected chi connectivity index (χ1v) is 10.5. The van der Waals surface area contributed by atoms with Gasteiger partial charge >= 0.3 is 0 Å². The van der Waals surface area contributed by atoms with Gasteiger partial charge in [0.15, 0.2) is 5.43 Å². The van der Waals surface area contributed by atoms with Crippen molar-refractivity contribution >= 4 is 11.0 Å². The van der Waals surface area contributed by atoms with E-state index >= 15 is 0 Å². The first-order chi connectivity index (χ1) is 13.9. The van der Waals surface area contributed by atoms with Crippen LogP contribution in [0.1, 0.15) is 48.5 Å². The van der Waals surface area contributed by atoms with E-state index in [0.717, 1.165) is 32.5 Å². The summed E-state index contributed by atoms with van der Waals surface area (Å²) >= 11 is 0. The maximum absolute atomic E-state index is 12.8. The number of hydrogen-bond acceptors (Lipinski definition) is 7. The molecule has 0 amide bonds. The van der Waals surface area contributed by atoms with Gasteiger partial charge in [-0.2, -0.15) is 0 Å². The van der Waals surface area contributed by atoms with Gasteiger partial charge in [0.1, 0.15) is 28.2 Å². The minimum absolute atomic E-state index is 0.0528. The minimum atomic E-state index is -0.693. The highest BCUT2D eigenvalue weighted by Crippen LogP contribution is 2.45. The molecule has 4 rings (SSSR count). The summed E-state index contributed by atoms with van der Waals surface area (Å²) in [7, 11) is 1.94. The number of phenols is 2. The lowest BCUT2D eigenvalue weighted by Gasteiger charge is -2.35. The number of fused-ring (bicyclic) bond motifs is 1. The number of aryl methyl sites for hydroxylation is 1. The van der Waals surface area contributed by atoms with Crippen LogP contribution in [0.25, 0.3) is 11.0 Å². The average Bonchev–Trinajstić information content (AvgIpc) is 2.67. The summed E-state index contributed by atoms with van der Waals surface area (Å²) in [4.78, 5) is 17.0. The molecule has 1 aromatic carbocycles. The van der Waals surface area contributed by atoms with Crippen LogP contribution >= 0.6 is 0 Å². The largest absolute Gasteiger partial charge is 0.507 e. The molecule has 0 spiro atoms. The van der Waals surface area contributed by atoms with E-state index in [1.165, 1.54) is 12.5 Å². The van der Waals surface area contributed by atoms with Gasteiger partial charge in [0.2, 0.25) is 0 Å². The van der Waals surface area contributed by atoms with Crippen molar-refractivity contribution in [3.8, 4) is 11.5 Å². The van der Waals surface area contributed by atoms with E-state index in [-0.39, 0.29) is 33.8 Å². The van der Waals surface area contributed by atoms with Gasteiger partial charge in [-0.1, -0.05) is 6.42 Å². The molecule has 3 heterocycles. The fourth-order valence-electron chi connectivity index (χ4n) is 4.82. The highest BCUT2D eigenvalue weighted by molar-refractivity contribution is 5.90. The van der Waals surface area contributed by atoms with Crippen molar-refractivity contribution in [2.75, 3.05) is 33.2 Å². The Labute approximate surface area is 170 Å². The van der Waals surface area contributed by atoms with E-state index in [0.29, 0.717) is 36.4 Å². The van der Waals surface area contributed by atoms with Crippen molar-refractivity contribution in [2.45, 2.75) is 51.2 Å². The summed E-state index contributed by atoms with van der Waals surface area (Å²) in [6.45, 7) is 5.07. The molecule has 158 valence electrons. The number of aliphatic hydroxyl groups excluding tert-OH is 1. The zero-order valence-corrected chi connectivity index (χ0v) is 17.1. The summed E-state index contributed by atoms with van der Waals surface area (Å²) in [5, 5.41) is 33.0. The van der Waals surface area contributed by atoms with E-state index in [2.05, 4.69) is 4.90 Å². The molecule has 2 aliphatic heterocycles. The van der Waals surface area contributed by atoms with Gasteiger partial charge in [0.05, 0.1) is 11.7 Å². The van der Waals surface area contributed by atoms with Crippen LogP contribution in [0, 0.1) is 6.92 Å². The quantitative estimate of drug-likeness (QED) is 0.725. The van der Waals surface area contributed by atoms with Gasteiger partial charge in [0, 0.05) is 30.6 Å². The van der Waals surface area contributed by atoms with E-state index in [4.69, 9.17) is 4.42 Å². The molecular formula is C22H30N2O5. The third kappa shape index (κ3) is 3.74. The molecule has 1 aromatic heterocycles. The molecule has 0 saturated carbocycles. The molecular weight excluding hydrogens is 372 g/mol. The Morgan fingerprint density at radius 3 is 2.55 bits per heavy atom. The summed E-state index contributed by atoms with van der Waals surface area (Å²) < 4.78 is 5.85. The smallest absolute Gasteiger partial charge is 0.196 e. The van der Waals surface area contributed by atoms with E-state index in [1.54, 1.807) is 6.92 Å². The van der Waals surface area contributed by atoms with Crippen LogP contribution in [-0.4, -0.2) is 64.5 Å². The number of nitrogens with zero attached hydrogens (tertiary/aromatic N) is 2. The van der Waals surface area contributed by atoms with Crippen LogP contribution in [0.2, 0.25) is 0 Å². The third-order valence-corrected chi connectivity index (χ3v) is 6.37. The predicted molar refractivity (Wildman–Crippen MR) is 111 cm³/mol. The van der Waals surface area contributed by atoms with Gasteiger partial charge in [-0.3, -0.25) is 9.69 Å². The minimum Gasteiger partial charge on any atom is -0.507 e. The molecule has 0 aliphatic carbocycles. The number of aromatic hydroxyl groups is 2. The van der Waals surface area contributed by atoms with Gasteiger partial charge in [-0.15, -0.1) is 0 Å². The van der Waals surface area contributed by atoms with Gasteiger partial charge < -0.3 is 24.6 Å². The highest BCUT2D eigenvalue weighted by Gasteiger charge is 2.35. The predicted octanol–water partition coefficient (Wildman–Crippen LogP) is 2.28. The Hall–Kier alpha value is -2.09. The summed E-state index contributed by atoms with van der Waals surface area (Å²) in [6.07, 6.45) is 3.28. The first-order valence-electron chi connectivity index (χ1n) is 10.5. The molecule has 29 heavy (non-hydrogen) atoms. The lowest BCUT2D eigenvalue weighted by molar-refractivity contribution is 0.0629. The van der Waals surface area contributed by atoms with Crippen LogP contribution < -0.4 is 5.43 Å². The molecule has 0 bridgehead atoms. The second-order valence-electron chi connectivity index (χ2n) is 8.58. The van der Waals surface area contributed by atoms with Gasteiger partial charge in [-0.05, 0) is 52.9 Å². The van der Waals surface area contributed by atoms with Crippen LogP contribution in [0.4, 0.5) is 0 Å². The van der Waals surface area contributed by atoms with E-state index < -0.39 is 6.10 Å². The lowest BCUT2D eigenvalue weighted by atomic mass is 9.84. The van der Waals surface area contributed by atoms with Crippen molar-refractivity contribution in [3.63, 3.8) is 0 Å². The summed E-state index contributed by atoms with van der Waals surface area (Å²) in [5.74, 6) is -0.209. The van der Waals surface area contributed by atoms with Crippen LogP contribution in [0.3, 0.4) is 0 Å². The lowest BCUT2D eigenvalue weighted by Crippen LogP contribution is -2.40. The summed E-state index contributed by atoms with van der Waals surface area (Å²) in [5.41, 5.74) is 0.675. The van der Waals surface area contributed by atoms with Gasteiger partial charge in [-0.25, -0.2) is 0 Å². The number of hydrogen-bond donors (Lipinski definition) is 3. The van der Waals surface area contributed by atoms with Gasteiger partial charge in [0.25, 0.3) is 0 Å². The summed E-state index contributed by atoms with van der Waals surface area (Å²) in [6, 6.07) is 1.36. The number of rotatable bonds is 3. The molecule has 0 unspecified atom stereocenters. The molecule has 2 fully saturated rings. The molecule has 3 N–H and O–H groups in total. The zero-order valence-electron chi connectivity index (χ0n) is 17.1. The number of aliphatic hydroxyl groups is 1. The monoisotopic (exact) mass is 402 g/mol. The maximum Gasteiger partial charge on any atom is 0.196 e. The van der Waals surface area contributed by atoms with E-state index in [1.807, 2.05) is 11.9 Å². The fourth-order valence-corrected chi connectivity index (χ4v) is 4.82. The van der Waals surface area contributed by atoms with E-state index in [9.17, 15) is 20.1 Å². The maximum atomic E-state index is 12.8. The molecule has 2 saturated heterocycles. The SMILES string of the molecule is Cc1cc(=O)c2c(O)c(CN3CCCCC3)c(O)c([C@H]3CCN(C)C[C@H]3O)c2o1. The Bertz CT molecular complexity index is 964. The average molecular weight is 402 g/mol. The Morgan fingerprint density at radius 1 is 1.14 bits per heavy atom. The Kier molecular flexibility index (Phi) is 5.55. The molecule has 7 nitrogen and oxygen atoms in total. The van der Waals surface area contributed by atoms with Crippen molar-refractivity contribution in [2.24, 2.45) is 0 Å². The normalized spacial score (nSPS) is 24.2. The molecule has 2 aromatic rings. The topological polar surface area (TPSA) is 97.4 Å². The molecule has 7 heteroatoms. The second-order valence-corrected chi connectivity index (χ2v) is 8.58. The van der Waals surface area contributed by atoms with Crippen LogP contribution in [0.5, 0.6) is 11.5 Å². The van der Waals surface area contributed by atoms with Crippen molar-refractivity contribution < 1.29 is 19.7 Å². The molecule has 0 radical (unpaired) electrons. The van der Waals surface area contributed by atoms with Crippen LogP contribution in [-0.2, 0) is 6.54 Å².